The molecule has 2 aliphatic carbocycles. The second kappa shape index (κ2) is 5.19. The van der Waals surface area contributed by atoms with Crippen LogP contribution in [0.15, 0.2) is 23.2 Å². The van der Waals surface area contributed by atoms with E-state index in [4.69, 9.17) is 0 Å². The number of carbonyl (C=O) groups excluding carboxylic acids is 2. The molecule has 4 nitrogen and oxygen atoms in total. The second-order valence-corrected chi connectivity index (χ2v) is 5.75. The molecular formula is C15H20O4. The van der Waals surface area contributed by atoms with E-state index in [1.165, 1.54) is 0 Å². The normalized spacial score (nSPS) is 29.1. The Balaban J connectivity index is 1.92. The van der Waals surface area contributed by atoms with Gasteiger partial charge in [-0.25, -0.2) is 0 Å². The third-order valence-electron chi connectivity index (χ3n) is 4.25. The van der Waals surface area contributed by atoms with Gasteiger partial charge in [0, 0.05) is 24.3 Å². The molecule has 0 spiro atoms. The second-order valence-electron chi connectivity index (χ2n) is 5.75. The maximum Gasteiger partial charge on any atom is 0.197 e. The highest BCUT2D eigenvalue weighted by Gasteiger charge is 2.31. The quantitative estimate of drug-likeness (QED) is 0.818. The molecule has 0 radical (unpaired) electrons. The van der Waals surface area contributed by atoms with Crippen molar-refractivity contribution >= 4 is 11.6 Å². The van der Waals surface area contributed by atoms with Crippen molar-refractivity contribution in [2.45, 2.75) is 39.5 Å². The number of aliphatic hydroxyl groups is 2. The Morgan fingerprint density at radius 1 is 1.32 bits per heavy atom. The van der Waals surface area contributed by atoms with Gasteiger partial charge in [-0.2, -0.15) is 0 Å². The molecule has 19 heavy (non-hydrogen) atoms. The van der Waals surface area contributed by atoms with E-state index in [2.05, 4.69) is 0 Å². The van der Waals surface area contributed by atoms with Gasteiger partial charge >= 0.3 is 0 Å². The van der Waals surface area contributed by atoms with Crippen LogP contribution in [-0.4, -0.2) is 21.8 Å². The third-order valence-corrected chi connectivity index (χ3v) is 4.25. The SMILES string of the molecule is CC1CC(O)=C(CCC(C)C2C=C(O)C(=O)C2)C1=O. The van der Waals surface area contributed by atoms with E-state index in [1.54, 1.807) is 6.08 Å². The molecule has 0 aromatic heterocycles. The van der Waals surface area contributed by atoms with Crippen LogP contribution in [0.2, 0.25) is 0 Å². The van der Waals surface area contributed by atoms with Crippen LogP contribution in [0.5, 0.6) is 0 Å². The summed E-state index contributed by atoms with van der Waals surface area (Å²) in [5.74, 6) is 0.0780. The summed E-state index contributed by atoms with van der Waals surface area (Å²) in [5, 5.41) is 19.1. The highest BCUT2D eigenvalue weighted by Crippen LogP contribution is 2.34. The predicted octanol–water partition coefficient (Wildman–Crippen LogP) is 2.85. The minimum absolute atomic E-state index is 0.0455. The molecule has 0 heterocycles. The minimum atomic E-state index is -0.204. The van der Waals surface area contributed by atoms with Crippen LogP contribution in [-0.2, 0) is 9.59 Å². The largest absolute Gasteiger partial charge is 0.512 e. The van der Waals surface area contributed by atoms with Crippen LogP contribution >= 0.6 is 0 Å². The van der Waals surface area contributed by atoms with Gasteiger partial charge in [0.25, 0.3) is 0 Å². The molecule has 2 N–H and O–H groups in total. The molecule has 0 fully saturated rings. The molecule has 0 saturated heterocycles. The van der Waals surface area contributed by atoms with Crippen molar-refractivity contribution in [2.75, 3.05) is 0 Å². The molecule has 2 aliphatic rings. The molecule has 4 heteroatoms. The van der Waals surface area contributed by atoms with Crippen molar-refractivity contribution < 1.29 is 19.8 Å². The molecule has 0 amide bonds. The topological polar surface area (TPSA) is 74.6 Å². The summed E-state index contributed by atoms with van der Waals surface area (Å²) >= 11 is 0. The molecule has 0 bridgehead atoms. The number of rotatable bonds is 4. The monoisotopic (exact) mass is 264 g/mol. The number of allylic oxidation sites excluding steroid dienone is 4. The van der Waals surface area contributed by atoms with Gasteiger partial charge < -0.3 is 10.2 Å². The van der Waals surface area contributed by atoms with Crippen molar-refractivity contribution in [3.05, 3.63) is 23.2 Å². The zero-order chi connectivity index (χ0) is 14.2. The Hall–Kier alpha value is -1.58. The van der Waals surface area contributed by atoms with E-state index in [0.29, 0.717) is 24.8 Å². The van der Waals surface area contributed by atoms with Gasteiger partial charge in [0.15, 0.2) is 17.3 Å². The maximum absolute atomic E-state index is 11.8. The standard InChI is InChI=1S/C15H20O4/c1-8(10-6-13(17)14(18)7-10)3-4-11-12(16)5-9(2)15(11)19/h6,8-10,16-17H,3-5,7H2,1-2H3. The lowest BCUT2D eigenvalue weighted by molar-refractivity contribution is -0.118. The molecular weight excluding hydrogens is 244 g/mol. The van der Waals surface area contributed by atoms with Crippen molar-refractivity contribution in [3.8, 4) is 0 Å². The summed E-state index contributed by atoms with van der Waals surface area (Å²) in [4.78, 5) is 23.1. The van der Waals surface area contributed by atoms with Crippen LogP contribution in [0.4, 0.5) is 0 Å². The summed E-state index contributed by atoms with van der Waals surface area (Å²) in [5.41, 5.74) is 0.553. The highest BCUT2D eigenvalue weighted by atomic mass is 16.3. The molecule has 0 saturated carbocycles. The summed E-state index contributed by atoms with van der Waals surface area (Å²) in [6.07, 6.45) is 3.70. The maximum atomic E-state index is 11.8. The predicted molar refractivity (Wildman–Crippen MR) is 70.7 cm³/mol. The van der Waals surface area contributed by atoms with Gasteiger partial charge in [0.1, 0.15) is 0 Å². The number of aliphatic hydroxyl groups excluding tert-OH is 2. The van der Waals surface area contributed by atoms with Crippen LogP contribution in [0.1, 0.15) is 39.5 Å². The van der Waals surface area contributed by atoms with E-state index in [0.717, 1.165) is 6.42 Å². The highest BCUT2D eigenvalue weighted by molar-refractivity contribution is 5.99. The first kappa shape index (κ1) is 13.8. The molecule has 104 valence electrons. The molecule has 3 unspecified atom stereocenters. The van der Waals surface area contributed by atoms with Crippen molar-refractivity contribution in [3.63, 3.8) is 0 Å². The summed E-state index contributed by atoms with van der Waals surface area (Å²) in [6.45, 7) is 3.83. The first-order valence-corrected chi connectivity index (χ1v) is 6.79. The Labute approximate surface area is 112 Å². The first-order chi connectivity index (χ1) is 8.90. The number of hydrogen-bond acceptors (Lipinski definition) is 4. The summed E-state index contributed by atoms with van der Waals surface area (Å²) in [6, 6.07) is 0. The Bertz CT molecular complexity index is 473. The number of carbonyl (C=O) groups is 2. The fraction of sp³-hybridized carbons (Fsp3) is 0.600. The lowest BCUT2D eigenvalue weighted by atomic mass is 9.87. The van der Waals surface area contributed by atoms with Crippen molar-refractivity contribution in [1.29, 1.82) is 0 Å². The van der Waals surface area contributed by atoms with Crippen LogP contribution in [0, 0.1) is 17.8 Å². The minimum Gasteiger partial charge on any atom is -0.512 e. The van der Waals surface area contributed by atoms with Crippen LogP contribution in [0.3, 0.4) is 0 Å². The smallest absolute Gasteiger partial charge is 0.197 e. The number of ketones is 2. The zero-order valence-corrected chi connectivity index (χ0v) is 11.3. The molecule has 0 aromatic carbocycles. The van der Waals surface area contributed by atoms with Gasteiger partial charge in [-0.3, -0.25) is 9.59 Å². The van der Waals surface area contributed by atoms with Gasteiger partial charge in [-0.1, -0.05) is 13.8 Å². The summed E-state index contributed by atoms with van der Waals surface area (Å²) < 4.78 is 0. The van der Waals surface area contributed by atoms with E-state index in [-0.39, 0.29) is 40.8 Å². The van der Waals surface area contributed by atoms with E-state index >= 15 is 0 Å². The lowest BCUT2D eigenvalue weighted by Crippen LogP contribution is -2.11. The zero-order valence-electron chi connectivity index (χ0n) is 11.3. The molecule has 0 aromatic rings. The summed E-state index contributed by atoms with van der Waals surface area (Å²) in [7, 11) is 0. The third kappa shape index (κ3) is 2.72. The Morgan fingerprint density at radius 3 is 2.47 bits per heavy atom. The van der Waals surface area contributed by atoms with Gasteiger partial charge in [-0.05, 0) is 30.8 Å². The Morgan fingerprint density at radius 2 is 2.00 bits per heavy atom. The number of Topliss-reactive ketones (excluding diaryl/α,β-unsaturated/α-hetero) is 2. The first-order valence-electron chi connectivity index (χ1n) is 6.79. The van der Waals surface area contributed by atoms with Gasteiger partial charge in [0.05, 0.1) is 5.76 Å². The van der Waals surface area contributed by atoms with E-state index < -0.39 is 0 Å². The number of hydrogen-bond donors (Lipinski definition) is 2. The van der Waals surface area contributed by atoms with E-state index in [9.17, 15) is 19.8 Å². The van der Waals surface area contributed by atoms with Gasteiger partial charge in [0.2, 0.25) is 0 Å². The van der Waals surface area contributed by atoms with Gasteiger partial charge in [-0.15, -0.1) is 0 Å². The van der Waals surface area contributed by atoms with Crippen molar-refractivity contribution in [2.24, 2.45) is 17.8 Å². The molecule has 2 rings (SSSR count). The van der Waals surface area contributed by atoms with Crippen LogP contribution in [0.25, 0.3) is 0 Å². The Kier molecular flexibility index (Phi) is 3.78. The fourth-order valence-corrected chi connectivity index (χ4v) is 2.84. The lowest BCUT2D eigenvalue weighted by Gasteiger charge is -2.16. The van der Waals surface area contributed by atoms with Crippen LogP contribution < -0.4 is 0 Å². The average molecular weight is 264 g/mol. The molecule has 0 aliphatic heterocycles. The average Bonchev–Trinajstić information content (AvgIpc) is 2.80. The molecule has 3 atom stereocenters. The van der Waals surface area contributed by atoms with Crippen molar-refractivity contribution in [1.82, 2.24) is 0 Å². The fourth-order valence-electron chi connectivity index (χ4n) is 2.84. The van der Waals surface area contributed by atoms with E-state index in [1.807, 2.05) is 13.8 Å².